The third kappa shape index (κ3) is 2.22. The summed E-state index contributed by atoms with van der Waals surface area (Å²) in [5.41, 5.74) is 2.13. The molecule has 1 N–H and O–H groups in total. The summed E-state index contributed by atoms with van der Waals surface area (Å²) in [6, 6.07) is 2.03. The van der Waals surface area contributed by atoms with Gasteiger partial charge in [0.05, 0.1) is 0 Å². The molecule has 0 fully saturated rings. The Labute approximate surface area is 90.5 Å². The summed E-state index contributed by atoms with van der Waals surface area (Å²) in [4.78, 5) is 11.5. The number of rotatable bonds is 4. The number of hydrogen-bond donors (Lipinski definition) is 1. The number of unbranched alkanes of at least 4 members (excludes halogenated alkanes) is 2. The van der Waals surface area contributed by atoms with Crippen molar-refractivity contribution in [2.75, 3.05) is 6.54 Å². The highest BCUT2D eigenvalue weighted by molar-refractivity contribution is 5.93. The van der Waals surface area contributed by atoms with E-state index in [4.69, 9.17) is 0 Å². The molecule has 3 heteroatoms. The van der Waals surface area contributed by atoms with Gasteiger partial charge in [-0.3, -0.25) is 4.79 Å². The maximum atomic E-state index is 11.5. The van der Waals surface area contributed by atoms with Gasteiger partial charge in [0, 0.05) is 19.3 Å². The fourth-order valence-corrected chi connectivity index (χ4v) is 2.04. The zero-order valence-electron chi connectivity index (χ0n) is 9.25. The SMILES string of the molecule is CCCCCc1cc2n(c1)CCNC2=O. The van der Waals surface area contributed by atoms with Crippen LogP contribution in [0.5, 0.6) is 0 Å². The van der Waals surface area contributed by atoms with Crippen molar-refractivity contribution in [2.45, 2.75) is 39.2 Å². The number of nitrogens with zero attached hydrogens (tertiary/aromatic N) is 1. The predicted molar refractivity (Wildman–Crippen MR) is 60.0 cm³/mol. The van der Waals surface area contributed by atoms with E-state index >= 15 is 0 Å². The molecular weight excluding hydrogens is 188 g/mol. The largest absolute Gasteiger partial charge is 0.349 e. The third-order valence-electron chi connectivity index (χ3n) is 2.89. The van der Waals surface area contributed by atoms with Gasteiger partial charge in [0.25, 0.3) is 5.91 Å². The molecular formula is C12H18N2O. The van der Waals surface area contributed by atoms with Crippen LogP contribution in [-0.2, 0) is 13.0 Å². The first kappa shape index (κ1) is 10.3. The number of carbonyl (C=O) groups excluding carboxylic acids is 1. The van der Waals surface area contributed by atoms with Crippen molar-refractivity contribution in [3.8, 4) is 0 Å². The third-order valence-corrected chi connectivity index (χ3v) is 2.89. The van der Waals surface area contributed by atoms with Gasteiger partial charge in [-0.15, -0.1) is 0 Å². The summed E-state index contributed by atoms with van der Waals surface area (Å²) in [5, 5.41) is 2.86. The monoisotopic (exact) mass is 206 g/mol. The first-order valence-electron chi connectivity index (χ1n) is 5.78. The van der Waals surface area contributed by atoms with Crippen molar-refractivity contribution in [1.82, 2.24) is 9.88 Å². The molecule has 0 saturated carbocycles. The number of aryl methyl sites for hydroxylation is 1. The van der Waals surface area contributed by atoms with Crippen LogP contribution in [0.15, 0.2) is 12.3 Å². The highest BCUT2D eigenvalue weighted by Crippen LogP contribution is 2.14. The van der Waals surface area contributed by atoms with Gasteiger partial charge >= 0.3 is 0 Å². The molecule has 82 valence electrons. The van der Waals surface area contributed by atoms with Gasteiger partial charge in [0.15, 0.2) is 0 Å². The van der Waals surface area contributed by atoms with Gasteiger partial charge in [0.1, 0.15) is 5.69 Å². The van der Waals surface area contributed by atoms with E-state index in [9.17, 15) is 4.79 Å². The number of fused-ring (bicyclic) bond motifs is 1. The van der Waals surface area contributed by atoms with Crippen molar-refractivity contribution in [2.24, 2.45) is 0 Å². The maximum absolute atomic E-state index is 11.5. The van der Waals surface area contributed by atoms with Crippen molar-refractivity contribution >= 4 is 5.91 Å². The Balaban J connectivity index is 2.05. The van der Waals surface area contributed by atoms with Crippen LogP contribution in [0.3, 0.4) is 0 Å². The second-order valence-corrected chi connectivity index (χ2v) is 4.14. The smallest absolute Gasteiger partial charge is 0.267 e. The van der Waals surface area contributed by atoms with Gasteiger partial charge in [-0.05, 0) is 24.5 Å². The molecule has 0 aromatic carbocycles. The first-order chi connectivity index (χ1) is 7.31. The number of amides is 1. The van der Waals surface area contributed by atoms with E-state index in [1.165, 1.54) is 24.8 Å². The zero-order chi connectivity index (χ0) is 10.7. The predicted octanol–water partition coefficient (Wildman–Crippen LogP) is 1.96. The molecule has 0 unspecified atom stereocenters. The lowest BCUT2D eigenvalue weighted by Crippen LogP contribution is -2.34. The van der Waals surface area contributed by atoms with Gasteiger partial charge in [-0.2, -0.15) is 0 Å². The lowest BCUT2D eigenvalue weighted by molar-refractivity contribution is 0.0928. The number of carbonyl (C=O) groups is 1. The minimum Gasteiger partial charge on any atom is -0.349 e. The lowest BCUT2D eigenvalue weighted by Gasteiger charge is -2.14. The molecule has 1 aromatic rings. The molecule has 3 nitrogen and oxygen atoms in total. The van der Waals surface area contributed by atoms with E-state index in [-0.39, 0.29) is 5.91 Å². The van der Waals surface area contributed by atoms with E-state index in [1.54, 1.807) is 0 Å². The molecule has 15 heavy (non-hydrogen) atoms. The highest BCUT2D eigenvalue weighted by Gasteiger charge is 2.16. The van der Waals surface area contributed by atoms with Gasteiger partial charge < -0.3 is 9.88 Å². The number of nitrogens with one attached hydrogen (secondary N) is 1. The van der Waals surface area contributed by atoms with E-state index in [0.29, 0.717) is 0 Å². The normalized spacial score (nSPS) is 14.9. The van der Waals surface area contributed by atoms with Crippen LogP contribution in [0, 0.1) is 0 Å². The standard InChI is InChI=1S/C12H18N2O/c1-2-3-4-5-10-8-11-12(15)13-6-7-14(11)9-10/h8-9H,2-7H2,1H3,(H,13,15). The van der Waals surface area contributed by atoms with E-state index in [2.05, 4.69) is 23.0 Å². The quantitative estimate of drug-likeness (QED) is 0.751. The molecule has 0 aliphatic carbocycles. The Morgan fingerprint density at radius 2 is 2.33 bits per heavy atom. The average molecular weight is 206 g/mol. The van der Waals surface area contributed by atoms with E-state index < -0.39 is 0 Å². The Morgan fingerprint density at radius 3 is 3.07 bits per heavy atom. The van der Waals surface area contributed by atoms with E-state index in [1.807, 2.05) is 6.07 Å². The summed E-state index contributed by atoms with van der Waals surface area (Å²) in [6.07, 6.45) is 6.97. The van der Waals surface area contributed by atoms with E-state index in [0.717, 1.165) is 25.2 Å². The minimum atomic E-state index is 0.0722. The molecule has 0 spiro atoms. The van der Waals surface area contributed by atoms with Crippen LogP contribution in [-0.4, -0.2) is 17.0 Å². The van der Waals surface area contributed by atoms with Crippen molar-refractivity contribution < 1.29 is 4.79 Å². The van der Waals surface area contributed by atoms with Gasteiger partial charge in [-0.25, -0.2) is 0 Å². The summed E-state index contributed by atoms with van der Waals surface area (Å²) in [7, 11) is 0. The molecule has 2 rings (SSSR count). The fraction of sp³-hybridized carbons (Fsp3) is 0.583. The average Bonchev–Trinajstić information content (AvgIpc) is 2.63. The Morgan fingerprint density at radius 1 is 1.47 bits per heavy atom. The van der Waals surface area contributed by atoms with Crippen LogP contribution >= 0.6 is 0 Å². The van der Waals surface area contributed by atoms with Crippen molar-refractivity contribution in [3.05, 3.63) is 23.5 Å². The lowest BCUT2D eigenvalue weighted by atomic mass is 10.1. The number of hydrogen-bond acceptors (Lipinski definition) is 1. The number of aromatic nitrogens is 1. The highest BCUT2D eigenvalue weighted by atomic mass is 16.2. The molecule has 1 aliphatic rings. The van der Waals surface area contributed by atoms with Gasteiger partial charge in [0.2, 0.25) is 0 Å². The Bertz CT molecular complexity index is 355. The Hall–Kier alpha value is -1.25. The summed E-state index contributed by atoms with van der Waals surface area (Å²) < 4.78 is 2.07. The maximum Gasteiger partial charge on any atom is 0.267 e. The first-order valence-corrected chi connectivity index (χ1v) is 5.78. The second-order valence-electron chi connectivity index (χ2n) is 4.14. The van der Waals surface area contributed by atoms with Crippen LogP contribution in [0.4, 0.5) is 0 Å². The van der Waals surface area contributed by atoms with Crippen LogP contribution in [0.2, 0.25) is 0 Å². The van der Waals surface area contributed by atoms with Crippen LogP contribution in [0.1, 0.15) is 42.2 Å². The molecule has 2 heterocycles. The van der Waals surface area contributed by atoms with Crippen molar-refractivity contribution in [1.29, 1.82) is 0 Å². The van der Waals surface area contributed by atoms with Gasteiger partial charge in [-0.1, -0.05) is 19.8 Å². The zero-order valence-corrected chi connectivity index (χ0v) is 9.25. The molecule has 0 radical (unpaired) electrons. The summed E-state index contributed by atoms with van der Waals surface area (Å²) in [5.74, 6) is 0.0722. The topological polar surface area (TPSA) is 34.0 Å². The summed E-state index contributed by atoms with van der Waals surface area (Å²) in [6.45, 7) is 3.88. The molecule has 0 atom stereocenters. The molecule has 1 aromatic heterocycles. The van der Waals surface area contributed by atoms with Crippen LogP contribution in [0.25, 0.3) is 0 Å². The molecule has 1 aliphatic heterocycles. The molecule has 0 bridgehead atoms. The summed E-state index contributed by atoms with van der Waals surface area (Å²) >= 11 is 0. The molecule has 0 saturated heterocycles. The van der Waals surface area contributed by atoms with Crippen molar-refractivity contribution in [3.63, 3.8) is 0 Å². The second kappa shape index (κ2) is 4.51. The van der Waals surface area contributed by atoms with Crippen LogP contribution < -0.4 is 5.32 Å². The fourth-order valence-electron chi connectivity index (χ4n) is 2.04. The Kier molecular flexibility index (Phi) is 3.09. The minimum absolute atomic E-state index is 0.0722. The molecule has 1 amide bonds.